The lowest BCUT2D eigenvalue weighted by Crippen LogP contribution is -2.10. The SMILES string of the molecule is COCOc1c(Cl)cc(Br)cc1C(F)(F)F. The number of hydrogen-bond acceptors (Lipinski definition) is 2. The fourth-order valence-electron chi connectivity index (χ4n) is 1.04. The van der Waals surface area contributed by atoms with E-state index in [2.05, 4.69) is 20.7 Å². The van der Waals surface area contributed by atoms with Crippen molar-refractivity contribution in [3.8, 4) is 5.75 Å². The highest BCUT2D eigenvalue weighted by Crippen LogP contribution is 2.42. The Hall–Kier alpha value is -0.460. The first-order valence-electron chi connectivity index (χ1n) is 4.04. The summed E-state index contributed by atoms with van der Waals surface area (Å²) >= 11 is 8.60. The minimum atomic E-state index is -4.53. The van der Waals surface area contributed by atoms with E-state index in [9.17, 15) is 13.2 Å². The number of ether oxygens (including phenoxy) is 2. The summed E-state index contributed by atoms with van der Waals surface area (Å²) in [7, 11) is 1.31. The van der Waals surface area contributed by atoms with Crippen molar-refractivity contribution in [1.82, 2.24) is 0 Å². The van der Waals surface area contributed by atoms with Crippen molar-refractivity contribution < 1.29 is 22.6 Å². The Bertz CT molecular complexity index is 382. The van der Waals surface area contributed by atoms with Gasteiger partial charge in [-0.3, -0.25) is 0 Å². The van der Waals surface area contributed by atoms with Gasteiger partial charge >= 0.3 is 6.18 Å². The van der Waals surface area contributed by atoms with E-state index in [1.54, 1.807) is 0 Å². The Morgan fingerprint density at radius 1 is 1.38 bits per heavy atom. The van der Waals surface area contributed by atoms with Crippen LogP contribution in [-0.4, -0.2) is 13.9 Å². The van der Waals surface area contributed by atoms with E-state index in [0.29, 0.717) is 0 Å². The third kappa shape index (κ3) is 3.26. The molecule has 0 fully saturated rings. The van der Waals surface area contributed by atoms with Crippen molar-refractivity contribution in [3.63, 3.8) is 0 Å². The molecule has 0 saturated heterocycles. The highest BCUT2D eigenvalue weighted by molar-refractivity contribution is 9.10. The number of halogens is 5. The van der Waals surface area contributed by atoms with Crippen molar-refractivity contribution >= 4 is 27.5 Å². The van der Waals surface area contributed by atoms with Crippen LogP contribution in [0.5, 0.6) is 5.75 Å². The second kappa shape index (κ2) is 5.25. The van der Waals surface area contributed by atoms with Crippen molar-refractivity contribution in [2.45, 2.75) is 6.18 Å². The fraction of sp³-hybridized carbons (Fsp3) is 0.333. The van der Waals surface area contributed by atoms with Gasteiger partial charge in [-0.25, -0.2) is 0 Å². The van der Waals surface area contributed by atoms with Crippen LogP contribution in [0.3, 0.4) is 0 Å². The Kier molecular flexibility index (Phi) is 4.46. The van der Waals surface area contributed by atoms with E-state index >= 15 is 0 Å². The first-order chi connectivity index (χ1) is 7.36. The third-order valence-corrected chi connectivity index (χ3v) is 2.37. The first-order valence-corrected chi connectivity index (χ1v) is 5.21. The maximum atomic E-state index is 12.6. The predicted molar refractivity (Wildman–Crippen MR) is 56.7 cm³/mol. The average Bonchev–Trinajstić information content (AvgIpc) is 2.14. The molecule has 90 valence electrons. The van der Waals surface area contributed by atoms with E-state index in [0.717, 1.165) is 6.07 Å². The highest BCUT2D eigenvalue weighted by Gasteiger charge is 2.36. The van der Waals surface area contributed by atoms with E-state index < -0.39 is 17.5 Å². The van der Waals surface area contributed by atoms with E-state index in [-0.39, 0.29) is 16.3 Å². The molecule has 0 amide bonds. The number of hydrogen-bond donors (Lipinski definition) is 0. The smallest absolute Gasteiger partial charge is 0.420 e. The van der Waals surface area contributed by atoms with Gasteiger partial charge in [0.15, 0.2) is 12.5 Å². The summed E-state index contributed by atoms with van der Waals surface area (Å²) in [6, 6.07) is 2.22. The number of alkyl halides is 3. The maximum Gasteiger partial charge on any atom is 0.420 e. The van der Waals surface area contributed by atoms with Gasteiger partial charge in [-0.15, -0.1) is 0 Å². The Morgan fingerprint density at radius 3 is 2.50 bits per heavy atom. The second-order valence-electron chi connectivity index (χ2n) is 2.81. The number of methoxy groups -OCH3 is 1. The molecule has 7 heteroatoms. The van der Waals surface area contributed by atoms with Crippen molar-refractivity contribution in [3.05, 3.63) is 27.2 Å². The topological polar surface area (TPSA) is 18.5 Å². The van der Waals surface area contributed by atoms with E-state index in [4.69, 9.17) is 16.3 Å². The molecule has 0 heterocycles. The van der Waals surface area contributed by atoms with Crippen LogP contribution < -0.4 is 4.74 Å². The molecule has 0 atom stereocenters. The summed E-state index contributed by atoms with van der Waals surface area (Å²) in [6.07, 6.45) is -4.53. The summed E-state index contributed by atoms with van der Waals surface area (Å²) in [4.78, 5) is 0. The summed E-state index contributed by atoms with van der Waals surface area (Å²) in [5, 5.41) is -0.126. The Morgan fingerprint density at radius 2 is 2.00 bits per heavy atom. The first kappa shape index (κ1) is 13.6. The number of benzene rings is 1. The van der Waals surface area contributed by atoms with Crippen LogP contribution in [0.2, 0.25) is 5.02 Å². The largest absolute Gasteiger partial charge is 0.465 e. The zero-order chi connectivity index (χ0) is 12.3. The van der Waals surface area contributed by atoms with Gasteiger partial charge in [0.05, 0.1) is 5.02 Å². The third-order valence-electron chi connectivity index (χ3n) is 1.63. The molecule has 0 aliphatic carbocycles. The van der Waals surface area contributed by atoms with E-state index in [1.165, 1.54) is 13.2 Å². The zero-order valence-corrected chi connectivity index (χ0v) is 10.4. The van der Waals surface area contributed by atoms with Crippen LogP contribution in [0.1, 0.15) is 5.56 Å². The molecule has 1 aromatic rings. The van der Waals surface area contributed by atoms with Crippen LogP contribution in [0, 0.1) is 0 Å². The minimum absolute atomic E-state index is 0.126. The van der Waals surface area contributed by atoms with Crippen LogP contribution in [0.15, 0.2) is 16.6 Å². The molecule has 1 rings (SSSR count). The molecule has 0 aromatic heterocycles. The zero-order valence-electron chi connectivity index (χ0n) is 8.07. The quantitative estimate of drug-likeness (QED) is 0.781. The van der Waals surface area contributed by atoms with Gasteiger partial charge in [-0.2, -0.15) is 13.2 Å². The molecule has 2 nitrogen and oxygen atoms in total. The highest BCUT2D eigenvalue weighted by atomic mass is 79.9. The standard InChI is InChI=1S/C9H7BrClF3O2/c1-15-4-16-8-6(9(12,13)14)2-5(10)3-7(8)11/h2-3H,4H2,1H3. The summed E-state index contributed by atoms with van der Waals surface area (Å²) < 4.78 is 47.5. The van der Waals surface area contributed by atoms with Crippen LogP contribution >= 0.6 is 27.5 Å². The Labute approximate surface area is 103 Å². The lowest BCUT2D eigenvalue weighted by molar-refractivity contribution is -0.139. The molecule has 0 aliphatic rings. The van der Waals surface area contributed by atoms with Crippen LogP contribution in [0.25, 0.3) is 0 Å². The van der Waals surface area contributed by atoms with Gasteiger partial charge in [0.25, 0.3) is 0 Å². The van der Waals surface area contributed by atoms with Gasteiger partial charge in [0.2, 0.25) is 0 Å². The molecule has 0 aliphatic heterocycles. The summed E-state index contributed by atoms with van der Waals surface area (Å²) in [6.45, 7) is -0.301. The van der Waals surface area contributed by atoms with Gasteiger partial charge in [0, 0.05) is 11.6 Å². The van der Waals surface area contributed by atoms with Crippen LogP contribution in [-0.2, 0) is 10.9 Å². The van der Waals surface area contributed by atoms with Crippen LogP contribution in [0.4, 0.5) is 13.2 Å². The average molecular weight is 320 g/mol. The van der Waals surface area contributed by atoms with Gasteiger partial charge < -0.3 is 9.47 Å². The monoisotopic (exact) mass is 318 g/mol. The van der Waals surface area contributed by atoms with Gasteiger partial charge in [-0.05, 0) is 12.1 Å². The maximum absolute atomic E-state index is 12.6. The van der Waals surface area contributed by atoms with Crippen molar-refractivity contribution in [1.29, 1.82) is 0 Å². The minimum Gasteiger partial charge on any atom is -0.465 e. The molecule has 1 aromatic carbocycles. The molecule has 0 radical (unpaired) electrons. The van der Waals surface area contributed by atoms with Gasteiger partial charge in [0.1, 0.15) is 5.56 Å². The number of rotatable bonds is 3. The fourth-order valence-corrected chi connectivity index (χ4v) is 1.90. The van der Waals surface area contributed by atoms with Crippen molar-refractivity contribution in [2.75, 3.05) is 13.9 Å². The molecular weight excluding hydrogens is 312 g/mol. The molecule has 0 spiro atoms. The van der Waals surface area contributed by atoms with E-state index in [1.807, 2.05) is 0 Å². The second-order valence-corrected chi connectivity index (χ2v) is 4.14. The molecule has 16 heavy (non-hydrogen) atoms. The Balaban J connectivity index is 3.21. The molecule has 0 N–H and O–H groups in total. The lowest BCUT2D eigenvalue weighted by Gasteiger charge is -2.15. The summed E-state index contributed by atoms with van der Waals surface area (Å²) in [5.74, 6) is -0.431. The predicted octanol–water partition coefficient (Wildman–Crippen LogP) is 4.10. The molecule has 0 unspecified atom stereocenters. The molecular formula is C9H7BrClF3O2. The van der Waals surface area contributed by atoms with Gasteiger partial charge in [-0.1, -0.05) is 27.5 Å². The lowest BCUT2D eigenvalue weighted by atomic mass is 10.2. The summed E-state index contributed by atoms with van der Waals surface area (Å²) in [5.41, 5.74) is -0.941. The molecule has 0 bridgehead atoms. The van der Waals surface area contributed by atoms with Crippen molar-refractivity contribution in [2.24, 2.45) is 0 Å². The molecule has 0 saturated carbocycles. The normalized spacial score (nSPS) is 11.6.